The van der Waals surface area contributed by atoms with Crippen molar-refractivity contribution in [3.63, 3.8) is 0 Å². The lowest BCUT2D eigenvalue weighted by atomic mass is 10.2. The summed E-state index contributed by atoms with van der Waals surface area (Å²) >= 11 is 15.6. The Morgan fingerprint density at radius 2 is 1.90 bits per heavy atom. The average Bonchev–Trinajstić information content (AvgIpc) is 1.80. The van der Waals surface area contributed by atoms with Gasteiger partial charge in [0.1, 0.15) is 6.29 Å². The molecule has 0 aromatic heterocycles. The van der Waals surface area contributed by atoms with E-state index in [-0.39, 0.29) is 12.8 Å². The highest BCUT2D eigenvalue weighted by Crippen LogP contribution is 2.28. The molecule has 0 aliphatic carbocycles. The fraction of sp³-hybridized carbons (Fsp3) is 0.600. The minimum absolute atomic E-state index is 0.0139. The molecule has 58 valence electrons. The number of carbonyl (C=O) groups excluding carboxylic acids is 2. The first-order chi connectivity index (χ1) is 4.48. The van der Waals surface area contributed by atoms with Gasteiger partial charge in [-0.25, -0.2) is 0 Å². The first-order valence-electron chi connectivity index (χ1n) is 2.52. The normalized spacial score (nSPS) is 11.1. The molecule has 0 N–H and O–H groups in total. The van der Waals surface area contributed by atoms with Gasteiger partial charge in [0.05, 0.1) is 0 Å². The van der Waals surface area contributed by atoms with E-state index in [1.54, 1.807) is 0 Å². The third-order valence-electron chi connectivity index (χ3n) is 0.805. The van der Waals surface area contributed by atoms with Gasteiger partial charge in [-0.1, -0.05) is 34.8 Å². The third kappa shape index (κ3) is 4.09. The third-order valence-corrected chi connectivity index (χ3v) is 1.44. The molecule has 2 nitrogen and oxygen atoms in total. The van der Waals surface area contributed by atoms with Crippen molar-refractivity contribution in [2.75, 3.05) is 0 Å². The Hall–Kier alpha value is 0.210. The second-order valence-electron chi connectivity index (χ2n) is 1.63. The Kier molecular flexibility index (Phi) is 4.25. The Morgan fingerprint density at radius 1 is 1.40 bits per heavy atom. The van der Waals surface area contributed by atoms with Gasteiger partial charge in [-0.05, 0) is 0 Å². The Labute approximate surface area is 73.4 Å². The molecule has 0 saturated heterocycles. The van der Waals surface area contributed by atoms with Gasteiger partial charge in [0.25, 0.3) is 0 Å². The lowest BCUT2D eigenvalue weighted by Crippen LogP contribution is -2.18. The molecule has 10 heavy (non-hydrogen) atoms. The molecule has 0 aromatic rings. The summed E-state index contributed by atoms with van der Waals surface area (Å²) in [6.07, 6.45) is 0.695. The van der Waals surface area contributed by atoms with Gasteiger partial charge in [-0.2, -0.15) is 0 Å². The van der Waals surface area contributed by atoms with Gasteiger partial charge in [0.15, 0.2) is 5.78 Å². The van der Waals surface area contributed by atoms with Crippen LogP contribution in [0, 0.1) is 0 Å². The molecule has 0 aliphatic heterocycles. The van der Waals surface area contributed by atoms with Crippen molar-refractivity contribution in [3.05, 3.63) is 0 Å². The van der Waals surface area contributed by atoms with Crippen molar-refractivity contribution in [2.45, 2.75) is 16.6 Å². The van der Waals surface area contributed by atoms with E-state index in [0.29, 0.717) is 6.29 Å². The Bertz CT molecular complexity index is 138. The molecule has 0 heterocycles. The van der Waals surface area contributed by atoms with Crippen LogP contribution in [-0.4, -0.2) is 15.9 Å². The van der Waals surface area contributed by atoms with E-state index in [1.165, 1.54) is 0 Å². The number of aldehydes is 1. The van der Waals surface area contributed by atoms with Crippen LogP contribution < -0.4 is 0 Å². The molecule has 0 unspecified atom stereocenters. The van der Waals surface area contributed by atoms with Crippen LogP contribution in [0.25, 0.3) is 0 Å². The molecule has 0 aliphatic rings. The number of hydrogen-bond acceptors (Lipinski definition) is 2. The standard InChI is InChI=1S/C5H5Cl3O2/c6-5(7,8)4(10)2-1-3-9/h3H,1-2H2. The topological polar surface area (TPSA) is 34.1 Å². The molecule has 0 atom stereocenters. The molecule has 0 fully saturated rings. The highest BCUT2D eigenvalue weighted by atomic mass is 35.6. The van der Waals surface area contributed by atoms with E-state index in [9.17, 15) is 9.59 Å². The fourth-order valence-electron chi connectivity index (χ4n) is 0.332. The summed E-state index contributed by atoms with van der Waals surface area (Å²) in [5.74, 6) is -0.551. The van der Waals surface area contributed by atoms with Gasteiger partial charge >= 0.3 is 0 Å². The van der Waals surface area contributed by atoms with Crippen molar-refractivity contribution in [3.8, 4) is 0 Å². The van der Waals surface area contributed by atoms with Crippen LogP contribution in [0.15, 0.2) is 0 Å². The Morgan fingerprint density at radius 3 is 2.20 bits per heavy atom. The quantitative estimate of drug-likeness (QED) is 0.519. The maximum Gasteiger partial charge on any atom is 0.248 e. The van der Waals surface area contributed by atoms with Crippen LogP contribution >= 0.6 is 34.8 Å². The monoisotopic (exact) mass is 202 g/mol. The maximum atomic E-state index is 10.7. The SMILES string of the molecule is O=CCCC(=O)C(Cl)(Cl)Cl. The molecule has 0 radical (unpaired) electrons. The molecule has 0 saturated carbocycles. The van der Waals surface area contributed by atoms with Crippen LogP contribution in [0.4, 0.5) is 0 Å². The van der Waals surface area contributed by atoms with Gasteiger partial charge in [-0.15, -0.1) is 0 Å². The predicted octanol–water partition coefficient (Wildman–Crippen LogP) is 1.90. The van der Waals surface area contributed by atoms with Crippen LogP contribution in [0.3, 0.4) is 0 Å². The summed E-state index contributed by atoms with van der Waals surface area (Å²) in [7, 11) is 0. The second kappa shape index (κ2) is 4.16. The van der Waals surface area contributed by atoms with Crippen molar-refractivity contribution < 1.29 is 9.59 Å². The minimum atomic E-state index is -1.87. The van der Waals surface area contributed by atoms with E-state index in [2.05, 4.69) is 0 Å². The Balaban J connectivity index is 3.74. The first-order valence-corrected chi connectivity index (χ1v) is 3.65. The number of carbonyl (C=O) groups is 2. The molecular weight excluding hydrogens is 198 g/mol. The number of Topliss-reactive ketones (excluding diaryl/α,β-unsaturated/α-hetero) is 1. The number of alkyl halides is 3. The van der Waals surface area contributed by atoms with E-state index < -0.39 is 9.58 Å². The van der Waals surface area contributed by atoms with Crippen molar-refractivity contribution in [1.82, 2.24) is 0 Å². The van der Waals surface area contributed by atoms with E-state index in [0.717, 1.165) is 0 Å². The summed E-state index contributed by atoms with van der Waals surface area (Å²) in [6.45, 7) is 0. The van der Waals surface area contributed by atoms with Gasteiger partial charge < -0.3 is 4.79 Å². The molecular formula is C5H5Cl3O2. The number of halogens is 3. The van der Waals surface area contributed by atoms with Crippen molar-refractivity contribution in [1.29, 1.82) is 0 Å². The summed E-state index contributed by atoms with van der Waals surface area (Å²) in [5, 5.41) is 0. The van der Waals surface area contributed by atoms with E-state index in [1.807, 2.05) is 0 Å². The van der Waals surface area contributed by atoms with Crippen LogP contribution in [0.1, 0.15) is 12.8 Å². The lowest BCUT2D eigenvalue weighted by molar-refractivity contribution is -0.120. The lowest BCUT2D eigenvalue weighted by Gasteiger charge is -2.06. The summed E-state index contributed by atoms with van der Waals surface area (Å²) in [5.41, 5.74) is 0. The van der Waals surface area contributed by atoms with Crippen molar-refractivity contribution >= 4 is 46.9 Å². The molecule has 0 amide bonds. The average molecular weight is 203 g/mol. The summed E-state index contributed by atoms with van der Waals surface area (Å²) in [4.78, 5) is 20.4. The van der Waals surface area contributed by atoms with Gasteiger partial charge in [-0.3, -0.25) is 4.79 Å². The molecule has 0 rings (SSSR count). The number of ketones is 1. The number of rotatable bonds is 3. The van der Waals surface area contributed by atoms with Gasteiger partial charge in [0, 0.05) is 12.8 Å². The summed E-state index contributed by atoms with van der Waals surface area (Å²) < 4.78 is -1.87. The molecule has 0 spiro atoms. The zero-order valence-electron chi connectivity index (χ0n) is 4.94. The van der Waals surface area contributed by atoms with Crippen LogP contribution in [0.2, 0.25) is 0 Å². The van der Waals surface area contributed by atoms with Crippen molar-refractivity contribution in [2.24, 2.45) is 0 Å². The molecule has 0 bridgehead atoms. The zero-order valence-corrected chi connectivity index (χ0v) is 7.21. The van der Waals surface area contributed by atoms with Crippen LogP contribution in [-0.2, 0) is 9.59 Å². The fourth-order valence-corrected chi connectivity index (χ4v) is 0.615. The first kappa shape index (κ1) is 10.2. The number of hydrogen-bond donors (Lipinski definition) is 0. The predicted molar refractivity (Wildman–Crippen MR) is 40.6 cm³/mol. The zero-order chi connectivity index (χ0) is 8.20. The largest absolute Gasteiger partial charge is 0.303 e. The summed E-state index contributed by atoms with van der Waals surface area (Å²) in [6, 6.07) is 0. The second-order valence-corrected chi connectivity index (χ2v) is 3.91. The van der Waals surface area contributed by atoms with Crippen LogP contribution in [0.5, 0.6) is 0 Å². The minimum Gasteiger partial charge on any atom is -0.303 e. The van der Waals surface area contributed by atoms with E-state index in [4.69, 9.17) is 34.8 Å². The smallest absolute Gasteiger partial charge is 0.248 e. The molecule has 5 heteroatoms. The highest BCUT2D eigenvalue weighted by Gasteiger charge is 2.29. The van der Waals surface area contributed by atoms with Gasteiger partial charge in [0.2, 0.25) is 3.79 Å². The molecule has 0 aromatic carbocycles. The maximum absolute atomic E-state index is 10.7. The highest BCUT2D eigenvalue weighted by molar-refractivity contribution is 6.76. The van der Waals surface area contributed by atoms with E-state index >= 15 is 0 Å².